The molecule has 5 rings (SSSR count). The Balaban J connectivity index is 1.34. The van der Waals surface area contributed by atoms with Crippen molar-refractivity contribution < 1.29 is 23.7 Å². The highest BCUT2D eigenvalue weighted by atomic mass is 16.7. The van der Waals surface area contributed by atoms with Crippen molar-refractivity contribution in [2.45, 2.75) is 57.4 Å². The second kappa shape index (κ2) is 11.6. The predicted octanol–water partition coefficient (Wildman–Crippen LogP) is 4.92. The number of rotatable bonds is 10. The van der Waals surface area contributed by atoms with E-state index >= 15 is 0 Å². The molecule has 6 heteroatoms. The van der Waals surface area contributed by atoms with Crippen molar-refractivity contribution in [1.29, 1.82) is 0 Å². The summed E-state index contributed by atoms with van der Waals surface area (Å²) in [5.74, 6) is 0.598. The first kappa shape index (κ1) is 23.7. The van der Waals surface area contributed by atoms with Gasteiger partial charge in [-0.1, -0.05) is 91.0 Å². The first-order valence-electron chi connectivity index (χ1n) is 12.1. The van der Waals surface area contributed by atoms with E-state index in [4.69, 9.17) is 28.7 Å². The van der Waals surface area contributed by atoms with Gasteiger partial charge in [-0.25, -0.2) is 4.99 Å². The third kappa shape index (κ3) is 6.16. The molecule has 0 amide bonds. The van der Waals surface area contributed by atoms with Gasteiger partial charge in [0.25, 0.3) is 0 Å². The van der Waals surface area contributed by atoms with Gasteiger partial charge in [0.1, 0.15) is 24.4 Å². The molecule has 182 valence electrons. The Morgan fingerprint density at radius 2 is 1.20 bits per heavy atom. The van der Waals surface area contributed by atoms with E-state index in [2.05, 4.69) is 12.1 Å². The van der Waals surface area contributed by atoms with Crippen LogP contribution in [0.25, 0.3) is 0 Å². The molecule has 0 saturated carbocycles. The molecule has 1 fully saturated rings. The Hall–Kier alpha value is -3.03. The highest BCUT2D eigenvalue weighted by molar-refractivity contribution is 5.75. The number of hydrogen-bond acceptors (Lipinski definition) is 6. The van der Waals surface area contributed by atoms with Gasteiger partial charge >= 0.3 is 0 Å². The van der Waals surface area contributed by atoms with Gasteiger partial charge in [0.15, 0.2) is 5.90 Å². The van der Waals surface area contributed by atoms with Crippen molar-refractivity contribution in [2.75, 3.05) is 6.61 Å². The molecule has 2 heterocycles. The number of ether oxygens (including phenoxy) is 5. The summed E-state index contributed by atoms with van der Waals surface area (Å²) in [6.07, 6.45) is -1.61. The molecule has 0 radical (unpaired) electrons. The lowest BCUT2D eigenvalue weighted by Crippen LogP contribution is -2.59. The van der Waals surface area contributed by atoms with E-state index in [1.807, 2.05) is 85.8 Å². The third-order valence-electron chi connectivity index (χ3n) is 6.20. The quantitative estimate of drug-likeness (QED) is 0.419. The largest absolute Gasteiger partial charge is 0.450 e. The molecular weight excluding hydrogens is 442 g/mol. The van der Waals surface area contributed by atoms with Gasteiger partial charge in [-0.3, -0.25) is 0 Å². The summed E-state index contributed by atoms with van der Waals surface area (Å²) in [4.78, 5) is 4.70. The maximum Gasteiger partial charge on any atom is 0.227 e. The van der Waals surface area contributed by atoms with Crippen LogP contribution in [0.2, 0.25) is 0 Å². The number of aliphatic imine (C=N–C) groups is 1. The first-order chi connectivity index (χ1) is 17.3. The summed E-state index contributed by atoms with van der Waals surface area (Å²) in [7, 11) is 0. The van der Waals surface area contributed by atoms with Crippen LogP contribution in [0.3, 0.4) is 0 Å². The summed E-state index contributed by atoms with van der Waals surface area (Å²) in [6, 6.07) is 30.0. The molecule has 2 aliphatic heterocycles. The predicted molar refractivity (Wildman–Crippen MR) is 133 cm³/mol. The molecular formula is C29H31NO5. The van der Waals surface area contributed by atoms with Crippen molar-refractivity contribution in [2.24, 2.45) is 4.99 Å². The lowest BCUT2D eigenvalue weighted by atomic mass is 9.97. The number of benzene rings is 3. The zero-order chi connectivity index (χ0) is 23.9. The molecule has 2 aliphatic rings. The number of hydrogen-bond donors (Lipinski definition) is 0. The average Bonchev–Trinajstić information content (AvgIpc) is 3.28. The van der Waals surface area contributed by atoms with Crippen LogP contribution in [0, 0.1) is 0 Å². The van der Waals surface area contributed by atoms with E-state index < -0.39 is 6.29 Å². The van der Waals surface area contributed by atoms with Crippen molar-refractivity contribution in [3.8, 4) is 0 Å². The van der Waals surface area contributed by atoms with Gasteiger partial charge in [-0.2, -0.15) is 0 Å². The number of fused-ring (bicyclic) bond motifs is 1. The van der Waals surface area contributed by atoms with E-state index in [-0.39, 0.29) is 24.4 Å². The van der Waals surface area contributed by atoms with Gasteiger partial charge in [-0.05, 0) is 16.7 Å². The van der Waals surface area contributed by atoms with Gasteiger partial charge in [-0.15, -0.1) is 0 Å². The molecule has 6 nitrogen and oxygen atoms in total. The van der Waals surface area contributed by atoms with Crippen LogP contribution >= 0.6 is 0 Å². The van der Waals surface area contributed by atoms with E-state index in [9.17, 15) is 0 Å². The monoisotopic (exact) mass is 473 g/mol. The first-order valence-corrected chi connectivity index (χ1v) is 12.1. The van der Waals surface area contributed by atoms with Gasteiger partial charge in [0.05, 0.1) is 26.4 Å². The molecule has 0 aromatic heterocycles. The van der Waals surface area contributed by atoms with Crippen LogP contribution in [-0.4, -0.2) is 43.1 Å². The molecule has 1 saturated heterocycles. The molecule has 3 unspecified atom stereocenters. The summed E-state index contributed by atoms with van der Waals surface area (Å²) in [5, 5.41) is 0. The second-order valence-electron chi connectivity index (χ2n) is 8.82. The highest BCUT2D eigenvalue weighted by Gasteiger charge is 2.51. The summed E-state index contributed by atoms with van der Waals surface area (Å²) >= 11 is 0. The highest BCUT2D eigenvalue weighted by Crippen LogP contribution is 2.33. The molecule has 0 aliphatic carbocycles. The third-order valence-corrected chi connectivity index (χ3v) is 6.20. The molecule has 0 N–H and O–H groups in total. The summed E-state index contributed by atoms with van der Waals surface area (Å²) in [5.41, 5.74) is 3.28. The lowest BCUT2D eigenvalue weighted by Gasteiger charge is -2.42. The molecule has 3 aromatic rings. The van der Waals surface area contributed by atoms with E-state index in [0.29, 0.717) is 32.3 Å². The maximum atomic E-state index is 6.48. The Labute approximate surface area is 206 Å². The van der Waals surface area contributed by atoms with Crippen LogP contribution in [0.5, 0.6) is 0 Å². The Kier molecular flexibility index (Phi) is 7.85. The molecule has 0 spiro atoms. The lowest BCUT2D eigenvalue weighted by molar-refractivity contribution is -0.261. The molecule has 5 atom stereocenters. The zero-order valence-corrected chi connectivity index (χ0v) is 19.9. The van der Waals surface area contributed by atoms with Crippen molar-refractivity contribution >= 4 is 5.90 Å². The van der Waals surface area contributed by atoms with Crippen LogP contribution < -0.4 is 0 Å². The zero-order valence-electron chi connectivity index (χ0n) is 19.9. The Morgan fingerprint density at radius 1 is 0.686 bits per heavy atom. The Bertz CT molecular complexity index is 1080. The minimum Gasteiger partial charge on any atom is -0.450 e. The van der Waals surface area contributed by atoms with Crippen molar-refractivity contribution in [3.05, 3.63) is 108 Å². The minimum atomic E-state index is -0.516. The van der Waals surface area contributed by atoms with Gasteiger partial charge in [0.2, 0.25) is 6.29 Å². The summed E-state index contributed by atoms with van der Waals surface area (Å²) < 4.78 is 31.3. The average molecular weight is 474 g/mol. The molecule has 35 heavy (non-hydrogen) atoms. The van der Waals surface area contributed by atoms with Crippen LogP contribution in [0.1, 0.15) is 23.6 Å². The van der Waals surface area contributed by atoms with Crippen molar-refractivity contribution in [1.82, 2.24) is 0 Å². The molecule has 3 aromatic carbocycles. The van der Waals surface area contributed by atoms with Gasteiger partial charge < -0.3 is 23.7 Å². The minimum absolute atomic E-state index is 0.301. The van der Waals surface area contributed by atoms with Crippen LogP contribution in [-0.2, 0) is 43.5 Å². The van der Waals surface area contributed by atoms with E-state index in [1.165, 1.54) is 0 Å². The standard InChI is InChI=1S/C29H31NO5/c1-21-30-26-28(33-19-24-15-9-4-10-16-24)27(32-18-23-13-7-3-8-14-23)25(35-29(26)34-21)20-31-17-22-11-5-2-6-12-22/h2-16,25-29H,17-20H2,1H3/t25?,26?,27-,28?,29+/m1/s1. The smallest absolute Gasteiger partial charge is 0.227 e. The Morgan fingerprint density at radius 3 is 1.77 bits per heavy atom. The fourth-order valence-electron chi connectivity index (χ4n) is 4.46. The topological polar surface area (TPSA) is 58.5 Å². The van der Waals surface area contributed by atoms with E-state index in [1.54, 1.807) is 0 Å². The second-order valence-corrected chi connectivity index (χ2v) is 8.82. The number of nitrogens with zero attached hydrogens (tertiary/aromatic N) is 1. The molecule has 0 bridgehead atoms. The van der Waals surface area contributed by atoms with Crippen LogP contribution in [0.15, 0.2) is 96.0 Å². The fourth-order valence-corrected chi connectivity index (χ4v) is 4.46. The SMILES string of the molecule is CC1=NC2C(OCc3ccccc3)[C@H](OCc3ccccc3)C(COCc3ccccc3)O[C@@H]2O1. The van der Waals surface area contributed by atoms with Gasteiger partial charge in [0, 0.05) is 6.92 Å². The summed E-state index contributed by atoms with van der Waals surface area (Å²) in [6.45, 7) is 3.58. The van der Waals surface area contributed by atoms with Crippen molar-refractivity contribution in [3.63, 3.8) is 0 Å². The van der Waals surface area contributed by atoms with E-state index in [0.717, 1.165) is 16.7 Å². The normalized spacial score (nSPS) is 25.5. The van der Waals surface area contributed by atoms with Crippen LogP contribution in [0.4, 0.5) is 0 Å². The fraction of sp³-hybridized carbons (Fsp3) is 0.345. The maximum absolute atomic E-state index is 6.48.